The van der Waals surface area contributed by atoms with Crippen LogP contribution >= 0.6 is 0 Å². The topological polar surface area (TPSA) is 40.5 Å². The molecule has 2 aromatic carbocycles. The van der Waals surface area contributed by atoms with Gasteiger partial charge in [-0.2, -0.15) is 0 Å². The molecule has 0 radical (unpaired) electrons. The number of aliphatic hydroxyl groups is 1. The maximum Gasteiger partial charge on any atom is 0.226 e. The Labute approximate surface area is 105 Å². The Kier molecular flexibility index (Phi) is 2.42. The molecule has 18 heavy (non-hydrogen) atoms. The molecule has 0 aliphatic carbocycles. The van der Waals surface area contributed by atoms with Gasteiger partial charge in [0.05, 0.1) is 5.69 Å². The number of hydrogen-bond acceptors (Lipinski definition) is 2. The molecule has 0 aromatic heterocycles. The number of hydrogen-bond donors (Lipinski definition) is 1. The largest absolute Gasteiger partial charge is 0.369 e. The van der Waals surface area contributed by atoms with E-state index in [0.717, 1.165) is 22.4 Å². The van der Waals surface area contributed by atoms with Gasteiger partial charge in [0.25, 0.3) is 0 Å². The number of carbonyl (C=O) groups is 1. The number of nitrogens with zero attached hydrogens (tertiary/aromatic N) is 1. The van der Waals surface area contributed by atoms with E-state index in [1.807, 2.05) is 48.5 Å². The van der Waals surface area contributed by atoms with Crippen molar-refractivity contribution < 1.29 is 9.90 Å². The lowest BCUT2D eigenvalue weighted by molar-refractivity contribution is -0.118. The van der Waals surface area contributed by atoms with Crippen LogP contribution in [0.4, 0.5) is 5.69 Å². The first kappa shape index (κ1) is 11.0. The van der Waals surface area contributed by atoms with Crippen LogP contribution in [0.2, 0.25) is 0 Å². The minimum Gasteiger partial charge on any atom is -0.369 e. The fourth-order valence-corrected chi connectivity index (χ4v) is 2.49. The minimum absolute atomic E-state index is 0.163. The second-order valence-electron chi connectivity index (χ2n) is 4.37. The number of fused-ring (bicyclic) bond motifs is 3. The summed E-state index contributed by atoms with van der Waals surface area (Å²) in [7, 11) is 0. The molecule has 1 N–H and O–H groups in total. The zero-order valence-corrected chi connectivity index (χ0v) is 10.00. The van der Waals surface area contributed by atoms with Crippen LogP contribution < -0.4 is 4.90 Å². The molecule has 90 valence electrons. The Morgan fingerprint density at radius 1 is 1.06 bits per heavy atom. The summed E-state index contributed by atoms with van der Waals surface area (Å²) >= 11 is 0. The summed E-state index contributed by atoms with van der Waals surface area (Å²) in [5, 5.41) is 10.3. The average molecular weight is 239 g/mol. The number of amides is 1. The minimum atomic E-state index is -0.909. The van der Waals surface area contributed by atoms with E-state index < -0.39 is 6.23 Å². The van der Waals surface area contributed by atoms with Gasteiger partial charge in [-0.3, -0.25) is 9.69 Å². The van der Waals surface area contributed by atoms with Crippen LogP contribution in [0.15, 0.2) is 48.5 Å². The van der Waals surface area contributed by atoms with Crippen LogP contribution in [0, 0.1) is 0 Å². The lowest BCUT2D eigenvalue weighted by Gasteiger charge is -2.34. The molecule has 1 aliphatic rings. The van der Waals surface area contributed by atoms with Gasteiger partial charge >= 0.3 is 0 Å². The normalized spacial score (nSPS) is 17.0. The fraction of sp³-hybridized carbons (Fsp3) is 0.133. The van der Waals surface area contributed by atoms with Crippen LogP contribution in [0.5, 0.6) is 0 Å². The van der Waals surface area contributed by atoms with E-state index in [-0.39, 0.29) is 5.91 Å². The van der Waals surface area contributed by atoms with Gasteiger partial charge in [0, 0.05) is 18.1 Å². The predicted octanol–water partition coefficient (Wildman–Crippen LogP) is 2.71. The quantitative estimate of drug-likeness (QED) is 0.768. The highest BCUT2D eigenvalue weighted by atomic mass is 16.3. The molecular formula is C15H13NO2. The number of aliphatic hydroxyl groups excluding tert-OH is 1. The van der Waals surface area contributed by atoms with Gasteiger partial charge in [-0.15, -0.1) is 0 Å². The molecule has 2 aromatic rings. The zero-order chi connectivity index (χ0) is 12.7. The summed E-state index contributed by atoms with van der Waals surface area (Å²) in [4.78, 5) is 13.2. The summed E-state index contributed by atoms with van der Waals surface area (Å²) in [5.74, 6) is -0.163. The molecule has 0 bridgehead atoms. The molecule has 1 heterocycles. The van der Waals surface area contributed by atoms with Crippen molar-refractivity contribution in [2.24, 2.45) is 0 Å². The Bertz CT molecular complexity index is 621. The van der Waals surface area contributed by atoms with Crippen molar-refractivity contribution in [1.29, 1.82) is 0 Å². The number of carbonyl (C=O) groups excluding carboxylic acids is 1. The third-order valence-corrected chi connectivity index (χ3v) is 3.28. The van der Waals surface area contributed by atoms with Crippen molar-refractivity contribution in [3.8, 4) is 11.1 Å². The van der Waals surface area contributed by atoms with Crippen LogP contribution in [0.1, 0.15) is 18.7 Å². The Hall–Kier alpha value is -2.13. The lowest BCUT2D eigenvalue weighted by Crippen LogP contribution is -2.35. The predicted molar refractivity (Wildman–Crippen MR) is 70.0 cm³/mol. The van der Waals surface area contributed by atoms with E-state index in [9.17, 15) is 9.90 Å². The first-order valence-corrected chi connectivity index (χ1v) is 5.86. The molecule has 3 nitrogen and oxygen atoms in total. The summed E-state index contributed by atoms with van der Waals surface area (Å²) in [5.41, 5.74) is 3.49. The highest BCUT2D eigenvalue weighted by Crippen LogP contribution is 2.43. The van der Waals surface area contributed by atoms with E-state index in [2.05, 4.69) is 0 Å². The van der Waals surface area contributed by atoms with Gasteiger partial charge in [-0.05, 0) is 11.6 Å². The Morgan fingerprint density at radius 3 is 2.39 bits per heavy atom. The molecule has 1 atom stereocenters. The molecule has 0 saturated heterocycles. The van der Waals surface area contributed by atoms with E-state index in [1.54, 1.807) is 0 Å². The van der Waals surface area contributed by atoms with Crippen molar-refractivity contribution in [3.63, 3.8) is 0 Å². The van der Waals surface area contributed by atoms with Gasteiger partial charge in [0.15, 0.2) is 6.23 Å². The summed E-state index contributed by atoms with van der Waals surface area (Å²) in [6.07, 6.45) is -0.909. The van der Waals surface area contributed by atoms with E-state index in [1.165, 1.54) is 11.8 Å². The van der Waals surface area contributed by atoms with Gasteiger partial charge in [-0.25, -0.2) is 0 Å². The number of anilines is 1. The van der Waals surface area contributed by atoms with Gasteiger partial charge < -0.3 is 5.11 Å². The van der Waals surface area contributed by atoms with Crippen molar-refractivity contribution in [3.05, 3.63) is 54.1 Å². The van der Waals surface area contributed by atoms with Crippen LogP contribution in [0.25, 0.3) is 11.1 Å². The second kappa shape index (κ2) is 3.96. The van der Waals surface area contributed by atoms with E-state index in [4.69, 9.17) is 0 Å². The zero-order valence-electron chi connectivity index (χ0n) is 10.00. The summed E-state index contributed by atoms with van der Waals surface area (Å²) in [6.45, 7) is 1.47. The maximum atomic E-state index is 11.7. The molecule has 1 unspecified atom stereocenters. The smallest absolute Gasteiger partial charge is 0.226 e. The summed E-state index contributed by atoms with van der Waals surface area (Å²) in [6, 6.07) is 15.3. The first-order chi connectivity index (χ1) is 8.70. The molecule has 3 rings (SSSR count). The van der Waals surface area contributed by atoms with Crippen molar-refractivity contribution in [2.45, 2.75) is 13.2 Å². The average Bonchev–Trinajstić information content (AvgIpc) is 2.39. The van der Waals surface area contributed by atoms with Gasteiger partial charge in [0.2, 0.25) is 5.91 Å². The van der Waals surface area contributed by atoms with Crippen molar-refractivity contribution in [1.82, 2.24) is 0 Å². The monoisotopic (exact) mass is 239 g/mol. The van der Waals surface area contributed by atoms with Gasteiger partial charge in [-0.1, -0.05) is 42.5 Å². The Balaban J connectivity index is 2.31. The third kappa shape index (κ3) is 1.45. The van der Waals surface area contributed by atoms with Gasteiger partial charge in [0.1, 0.15) is 0 Å². The van der Waals surface area contributed by atoms with E-state index in [0.29, 0.717) is 0 Å². The molecule has 0 fully saturated rings. The van der Waals surface area contributed by atoms with Crippen molar-refractivity contribution in [2.75, 3.05) is 4.90 Å². The SMILES string of the molecule is CC(=O)N1c2ccccc2-c2ccccc2C1O. The number of rotatable bonds is 0. The molecular weight excluding hydrogens is 226 g/mol. The maximum absolute atomic E-state index is 11.7. The molecule has 3 heteroatoms. The molecule has 0 spiro atoms. The van der Waals surface area contributed by atoms with Crippen LogP contribution in [-0.4, -0.2) is 11.0 Å². The van der Waals surface area contributed by atoms with Crippen LogP contribution in [0.3, 0.4) is 0 Å². The first-order valence-electron chi connectivity index (χ1n) is 5.86. The van der Waals surface area contributed by atoms with Crippen molar-refractivity contribution >= 4 is 11.6 Å². The summed E-state index contributed by atoms with van der Waals surface area (Å²) < 4.78 is 0. The highest BCUT2D eigenvalue weighted by molar-refractivity contribution is 5.99. The Morgan fingerprint density at radius 2 is 1.67 bits per heavy atom. The molecule has 1 aliphatic heterocycles. The standard InChI is InChI=1S/C15H13NO2/c1-10(17)16-14-9-5-4-7-12(14)11-6-2-3-8-13(11)15(16)18/h2-9,15,18H,1H3. The lowest BCUT2D eigenvalue weighted by atomic mass is 9.92. The highest BCUT2D eigenvalue weighted by Gasteiger charge is 2.31. The van der Waals surface area contributed by atoms with E-state index >= 15 is 0 Å². The second-order valence-corrected chi connectivity index (χ2v) is 4.37. The van der Waals surface area contributed by atoms with Crippen LogP contribution in [-0.2, 0) is 4.79 Å². The third-order valence-electron chi connectivity index (χ3n) is 3.28. The fourth-order valence-electron chi connectivity index (χ4n) is 2.49. The molecule has 1 amide bonds. The molecule has 0 saturated carbocycles. The number of benzene rings is 2. The number of para-hydroxylation sites is 1.